The molecule has 3 aromatic carbocycles. The van der Waals surface area contributed by atoms with Crippen molar-refractivity contribution in [1.29, 1.82) is 0 Å². The van der Waals surface area contributed by atoms with Crippen molar-refractivity contribution in [2.45, 2.75) is 25.4 Å². The summed E-state index contributed by atoms with van der Waals surface area (Å²) in [5.41, 5.74) is 5.63. The van der Waals surface area contributed by atoms with Gasteiger partial charge in [0.15, 0.2) is 0 Å². The van der Waals surface area contributed by atoms with Crippen LogP contribution in [0.2, 0.25) is 0 Å². The van der Waals surface area contributed by atoms with E-state index in [0.29, 0.717) is 12.0 Å². The van der Waals surface area contributed by atoms with E-state index < -0.39 is 0 Å². The van der Waals surface area contributed by atoms with Crippen molar-refractivity contribution in [1.82, 2.24) is 0 Å². The Morgan fingerprint density at radius 1 is 1.04 bits per heavy atom. The Balaban J connectivity index is 1.58. The molecule has 0 spiro atoms. The number of hydrogen-bond donors (Lipinski definition) is 2. The van der Waals surface area contributed by atoms with Gasteiger partial charge >= 0.3 is 0 Å². The molecule has 4 heteroatoms. The number of aryl methyl sites for hydroxylation is 1. The zero-order valence-corrected chi connectivity index (χ0v) is 15.8. The summed E-state index contributed by atoms with van der Waals surface area (Å²) in [6.07, 6.45) is 1.85. The first-order chi connectivity index (χ1) is 13.6. The Labute approximate surface area is 164 Å². The highest BCUT2D eigenvalue weighted by Gasteiger charge is 2.20. The average Bonchev–Trinajstić information content (AvgIpc) is 2.74. The lowest BCUT2D eigenvalue weighted by Gasteiger charge is -2.23. The van der Waals surface area contributed by atoms with Crippen LogP contribution in [0.5, 0.6) is 5.75 Å². The van der Waals surface area contributed by atoms with E-state index in [1.165, 1.54) is 5.56 Å². The van der Waals surface area contributed by atoms with Gasteiger partial charge in [-0.25, -0.2) is 0 Å². The average molecular weight is 373 g/mol. The quantitative estimate of drug-likeness (QED) is 0.710. The van der Waals surface area contributed by atoms with E-state index in [1.807, 2.05) is 60.7 Å². The number of benzene rings is 3. The monoisotopic (exact) mass is 373 g/mol. The molecule has 0 saturated heterocycles. The highest BCUT2D eigenvalue weighted by molar-refractivity contribution is 6.05. The van der Waals surface area contributed by atoms with Crippen molar-refractivity contribution < 1.29 is 14.6 Å². The molecule has 0 bridgehead atoms. The number of methoxy groups -OCH3 is 1. The lowest BCUT2D eigenvalue weighted by molar-refractivity contribution is 0.102. The van der Waals surface area contributed by atoms with Crippen LogP contribution in [-0.2, 0) is 12.8 Å². The topological polar surface area (TPSA) is 58.6 Å². The predicted molar refractivity (Wildman–Crippen MR) is 111 cm³/mol. The fraction of sp³-hybridized carbons (Fsp3) is 0.208. The highest BCUT2D eigenvalue weighted by Crippen LogP contribution is 2.29. The molecule has 142 valence electrons. The second-order valence-corrected chi connectivity index (χ2v) is 7.10. The molecule has 0 saturated carbocycles. The number of nitrogens with one attached hydrogen (secondary N) is 1. The van der Waals surface area contributed by atoms with Crippen LogP contribution in [-0.4, -0.2) is 24.2 Å². The van der Waals surface area contributed by atoms with Gasteiger partial charge in [0.25, 0.3) is 5.91 Å². The minimum absolute atomic E-state index is 0.149. The molecule has 0 aromatic heterocycles. The molecule has 2 N–H and O–H groups in total. The van der Waals surface area contributed by atoms with Crippen LogP contribution in [0, 0.1) is 0 Å². The van der Waals surface area contributed by atoms with Crippen LogP contribution in [0.4, 0.5) is 5.69 Å². The van der Waals surface area contributed by atoms with Crippen molar-refractivity contribution in [3.8, 4) is 16.9 Å². The van der Waals surface area contributed by atoms with E-state index in [-0.39, 0.29) is 12.0 Å². The van der Waals surface area contributed by atoms with Crippen molar-refractivity contribution in [2.75, 3.05) is 12.4 Å². The number of anilines is 1. The Kier molecular flexibility index (Phi) is 5.13. The molecule has 0 aliphatic heterocycles. The largest absolute Gasteiger partial charge is 0.497 e. The van der Waals surface area contributed by atoms with Crippen LogP contribution >= 0.6 is 0 Å². The number of rotatable bonds is 4. The lowest BCUT2D eigenvalue weighted by Crippen LogP contribution is -2.21. The summed E-state index contributed by atoms with van der Waals surface area (Å²) >= 11 is 0. The fourth-order valence-corrected chi connectivity index (χ4v) is 3.70. The summed E-state index contributed by atoms with van der Waals surface area (Å²) in [4.78, 5) is 12.9. The van der Waals surface area contributed by atoms with Gasteiger partial charge in [-0.15, -0.1) is 0 Å². The molecule has 1 aliphatic rings. The Morgan fingerprint density at radius 2 is 1.82 bits per heavy atom. The van der Waals surface area contributed by atoms with Gasteiger partial charge in [-0.2, -0.15) is 0 Å². The number of carbonyl (C=O) groups excluding carboxylic acids is 1. The van der Waals surface area contributed by atoms with Crippen molar-refractivity contribution >= 4 is 11.6 Å². The summed E-state index contributed by atoms with van der Waals surface area (Å²) in [5.74, 6) is 0.650. The number of hydrogen-bond acceptors (Lipinski definition) is 3. The van der Waals surface area contributed by atoms with Gasteiger partial charge in [0.1, 0.15) is 5.75 Å². The molecular formula is C24H23NO3. The van der Waals surface area contributed by atoms with Crippen LogP contribution in [0.15, 0.2) is 66.7 Å². The molecule has 0 fully saturated rings. The number of aliphatic hydroxyl groups is 1. The van der Waals surface area contributed by atoms with Crippen LogP contribution in [0.25, 0.3) is 11.1 Å². The minimum atomic E-state index is -0.344. The van der Waals surface area contributed by atoms with Gasteiger partial charge < -0.3 is 15.2 Å². The lowest BCUT2D eigenvalue weighted by atomic mass is 9.88. The molecule has 1 amide bonds. The first-order valence-corrected chi connectivity index (χ1v) is 9.49. The molecule has 1 aliphatic carbocycles. The van der Waals surface area contributed by atoms with Crippen LogP contribution in [0.3, 0.4) is 0 Å². The Hall–Kier alpha value is -3.11. The molecule has 0 unspecified atom stereocenters. The van der Waals surface area contributed by atoms with Gasteiger partial charge in [0.05, 0.1) is 13.2 Å². The molecular weight excluding hydrogens is 350 g/mol. The van der Waals surface area contributed by atoms with Gasteiger partial charge in [-0.3, -0.25) is 4.79 Å². The molecule has 28 heavy (non-hydrogen) atoms. The molecule has 4 rings (SSSR count). The normalized spacial score (nSPS) is 15.6. The number of aliphatic hydroxyl groups excluding tert-OH is 1. The van der Waals surface area contributed by atoms with Gasteiger partial charge in [-0.1, -0.05) is 36.4 Å². The molecule has 4 nitrogen and oxygen atoms in total. The highest BCUT2D eigenvalue weighted by atomic mass is 16.5. The van der Waals surface area contributed by atoms with Crippen molar-refractivity contribution in [3.63, 3.8) is 0 Å². The molecule has 3 aromatic rings. The van der Waals surface area contributed by atoms with Gasteiger partial charge in [0, 0.05) is 17.7 Å². The second-order valence-electron chi connectivity index (χ2n) is 7.10. The van der Waals surface area contributed by atoms with Gasteiger partial charge in [-0.05, 0) is 65.4 Å². The third kappa shape index (κ3) is 3.78. The molecule has 0 radical (unpaired) electrons. The second kappa shape index (κ2) is 7.87. The SMILES string of the molecule is COc1ccc(-c2cccc(C(=O)Nc3cccc4c3C[C@@H](O)CC4)c2)cc1. The predicted octanol–water partition coefficient (Wildman–Crippen LogP) is 4.46. The Bertz CT molecular complexity index is 995. The molecule has 1 atom stereocenters. The molecule has 0 heterocycles. The summed E-state index contributed by atoms with van der Waals surface area (Å²) < 4.78 is 5.20. The summed E-state index contributed by atoms with van der Waals surface area (Å²) in [6.45, 7) is 0. The Morgan fingerprint density at radius 3 is 2.61 bits per heavy atom. The zero-order chi connectivity index (χ0) is 19.5. The summed E-state index contributed by atoms with van der Waals surface area (Å²) in [5, 5.41) is 13.0. The first-order valence-electron chi connectivity index (χ1n) is 9.49. The number of fused-ring (bicyclic) bond motifs is 1. The van der Waals surface area contributed by atoms with E-state index in [4.69, 9.17) is 4.74 Å². The maximum Gasteiger partial charge on any atom is 0.255 e. The third-order valence-corrected chi connectivity index (χ3v) is 5.26. The van der Waals surface area contributed by atoms with E-state index in [9.17, 15) is 9.90 Å². The van der Waals surface area contributed by atoms with Crippen LogP contribution in [0.1, 0.15) is 27.9 Å². The van der Waals surface area contributed by atoms with Crippen LogP contribution < -0.4 is 10.1 Å². The maximum atomic E-state index is 12.9. The van der Waals surface area contributed by atoms with Gasteiger partial charge in [0.2, 0.25) is 0 Å². The fourth-order valence-electron chi connectivity index (χ4n) is 3.70. The van der Waals surface area contributed by atoms with E-state index in [0.717, 1.165) is 41.0 Å². The van der Waals surface area contributed by atoms with E-state index >= 15 is 0 Å². The standard InChI is InChI=1S/C24H23NO3/c1-28-21-12-9-16(10-13-21)18-5-2-6-19(14-18)24(27)25-23-7-3-4-17-8-11-20(26)15-22(17)23/h2-7,9-10,12-14,20,26H,8,11,15H2,1H3,(H,25,27)/t20-/m0/s1. The van der Waals surface area contributed by atoms with E-state index in [1.54, 1.807) is 7.11 Å². The van der Waals surface area contributed by atoms with Crippen molar-refractivity contribution in [2.24, 2.45) is 0 Å². The third-order valence-electron chi connectivity index (χ3n) is 5.26. The minimum Gasteiger partial charge on any atom is -0.497 e. The van der Waals surface area contributed by atoms with Crippen molar-refractivity contribution in [3.05, 3.63) is 83.4 Å². The first kappa shape index (κ1) is 18.3. The number of carbonyl (C=O) groups is 1. The summed E-state index contributed by atoms with van der Waals surface area (Å²) in [6, 6.07) is 21.3. The van der Waals surface area contributed by atoms with E-state index in [2.05, 4.69) is 11.4 Å². The zero-order valence-electron chi connectivity index (χ0n) is 15.8. The maximum absolute atomic E-state index is 12.9. The summed E-state index contributed by atoms with van der Waals surface area (Å²) in [7, 11) is 1.64. The smallest absolute Gasteiger partial charge is 0.255 e. The number of ether oxygens (including phenoxy) is 1. The number of amides is 1.